The quantitative estimate of drug-likeness (QED) is 0.313. The van der Waals surface area contributed by atoms with E-state index in [0.29, 0.717) is 47.1 Å². The van der Waals surface area contributed by atoms with Crippen molar-refractivity contribution >= 4 is 28.9 Å². The Hall–Kier alpha value is -4.37. The van der Waals surface area contributed by atoms with Crippen molar-refractivity contribution in [1.29, 1.82) is 0 Å². The average molecular weight is 542 g/mol. The zero-order valence-corrected chi connectivity index (χ0v) is 22.5. The summed E-state index contributed by atoms with van der Waals surface area (Å²) in [5.74, 6) is 0.543. The number of nitrogens with zero attached hydrogens (tertiary/aromatic N) is 2. The van der Waals surface area contributed by atoms with Crippen LogP contribution in [0.3, 0.4) is 0 Å². The van der Waals surface area contributed by atoms with E-state index in [0.717, 1.165) is 16.8 Å². The van der Waals surface area contributed by atoms with Gasteiger partial charge in [-0.25, -0.2) is 9.48 Å². The van der Waals surface area contributed by atoms with Gasteiger partial charge in [0.25, 0.3) is 0 Å². The van der Waals surface area contributed by atoms with Crippen LogP contribution in [0.15, 0.2) is 71.2 Å². The Morgan fingerprint density at radius 2 is 1.92 bits per heavy atom. The molecule has 1 aliphatic carbocycles. The largest absolute Gasteiger partial charge is 0.497 e. The number of anilines is 1. The summed E-state index contributed by atoms with van der Waals surface area (Å²) >= 11 is 1.65. The number of aryl methyl sites for hydroxylation is 1. The topological polar surface area (TPSA) is 103 Å². The second-order valence-corrected chi connectivity index (χ2v) is 10.7. The SMILES string of the molecule is COc1ccc(OC)c([C@H]2C3=C(C[C@H](c4cccs4)CC3=O)Nc3c2c(C)nn3-c2ccccc2C(=O)O)c1. The molecule has 4 aromatic rings. The average Bonchev–Trinajstić information content (AvgIpc) is 3.60. The van der Waals surface area contributed by atoms with Gasteiger partial charge in [-0.1, -0.05) is 18.2 Å². The molecule has 0 saturated heterocycles. The van der Waals surface area contributed by atoms with E-state index in [2.05, 4.69) is 11.4 Å². The van der Waals surface area contributed by atoms with Gasteiger partial charge in [-0.15, -0.1) is 11.3 Å². The van der Waals surface area contributed by atoms with Gasteiger partial charge >= 0.3 is 5.97 Å². The van der Waals surface area contributed by atoms with Crippen LogP contribution in [0.2, 0.25) is 0 Å². The van der Waals surface area contributed by atoms with Crippen molar-refractivity contribution in [2.75, 3.05) is 19.5 Å². The highest BCUT2D eigenvalue weighted by molar-refractivity contribution is 7.10. The first kappa shape index (κ1) is 24.9. The fourth-order valence-corrected chi connectivity index (χ4v) is 6.62. The maximum Gasteiger partial charge on any atom is 0.337 e. The van der Waals surface area contributed by atoms with E-state index < -0.39 is 11.9 Å². The molecule has 9 heteroatoms. The molecule has 3 heterocycles. The Bertz CT molecular complexity index is 1640. The monoisotopic (exact) mass is 541 g/mol. The van der Waals surface area contributed by atoms with Crippen LogP contribution in [0.25, 0.3) is 5.69 Å². The van der Waals surface area contributed by atoms with Crippen LogP contribution in [0.4, 0.5) is 5.82 Å². The third-order valence-corrected chi connectivity index (χ3v) is 8.55. The second kappa shape index (κ2) is 9.74. The molecular weight excluding hydrogens is 514 g/mol. The summed E-state index contributed by atoms with van der Waals surface area (Å²) in [6.45, 7) is 1.88. The minimum atomic E-state index is -1.04. The second-order valence-electron chi connectivity index (χ2n) is 9.68. The normalized spacial score (nSPS) is 18.3. The van der Waals surface area contributed by atoms with Gasteiger partial charge in [-0.2, -0.15) is 5.10 Å². The Morgan fingerprint density at radius 3 is 2.64 bits per heavy atom. The Kier molecular flexibility index (Phi) is 6.23. The van der Waals surface area contributed by atoms with Crippen molar-refractivity contribution in [2.24, 2.45) is 0 Å². The fraction of sp³-hybridized carbons (Fsp3) is 0.233. The van der Waals surface area contributed by atoms with Crippen molar-refractivity contribution in [3.8, 4) is 17.2 Å². The van der Waals surface area contributed by atoms with Crippen LogP contribution in [0.1, 0.15) is 56.7 Å². The lowest BCUT2D eigenvalue weighted by Gasteiger charge is -2.36. The molecule has 198 valence electrons. The zero-order chi connectivity index (χ0) is 27.3. The summed E-state index contributed by atoms with van der Waals surface area (Å²) < 4.78 is 13.0. The molecule has 2 aliphatic rings. The molecule has 0 fully saturated rings. The molecule has 0 spiro atoms. The van der Waals surface area contributed by atoms with Gasteiger partial charge in [0.05, 0.1) is 31.2 Å². The number of rotatable bonds is 6. The summed E-state index contributed by atoms with van der Waals surface area (Å²) in [6, 6.07) is 16.4. The molecule has 2 N–H and O–H groups in total. The molecule has 2 aromatic heterocycles. The number of hydrogen-bond donors (Lipinski definition) is 2. The van der Waals surface area contributed by atoms with Crippen LogP contribution in [0, 0.1) is 6.92 Å². The summed E-state index contributed by atoms with van der Waals surface area (Å²) in [5, 5.41) is 20.3. The summed E-state index contributed by atoms with van der Waals surface area (Å²) in [6.07, 6.45) is 1.06. The molecule has 8 nitrogen and oxygen atoms in total. The van der Waals surface area contributed by atoms with Crippen molar-refractivity contribution < 1.29 is 24.2 Å². The zero-order valence-electron chi connectivity index (χ0n) is 21.7. The van der Waals surface area contributed by atoms with E-state index in [9.17, 15) is 14.7 Å². The van der Waals surface area contributed by atoms with Gasteiger partial charge in [-0.05, 0) is 55.1 Å². The standard InChI is InChI=1S/C30H27N3O5S/c1-16-26-27(20-15-18(37-2)10-11-24(20)38-3)28-21(13-17(14-23(28)34)25-9-6-12-39-25)31-29(26)33(32-16)22-8-5-4-7-19(22)30(35)36/h4-12,15,17,27,31H,13-14H2,1-3H3,(H,35,36)/t17-,27+/m0/s1. The molecule has 0 unspecified atom stereocenters. The van der Waals surface area contributed by atoms with E-state index in [4.69, 9.17) is 14.6 Å². The van der Waals surface area contributed by atoms with E-state index in [1.165, 1.54) is 4.88 Å². The van der Waals surface area contributed by atoms with Crippen molar-refractivity contribution in [3.05, 3.63) is 98.5 Å². The van der Waals surface area contributed by atoms with Gasteiger partial charge in [-0.3, -0.25) is 4.79 Å². The maximum atomic E-state index is 13.9. The van der Waals surface area contributed by atoms with Gasteiger partial charge in [0, 0.05) is 45.5 Å². The van der Waals surface area contributed by atoms with E-state index >= 15 is 0 Å². The lowest BCUT2D eigenvalue weighted by Crippen LogP contribution is -2.30. The number of thiophene rings is 1. The van der Waals surface area contributed by atoms with Crippen molar-refractivity contribution in [3.63, 3.8) is 0 Å². The number of fused-ring (bicyclic) bond motifs is 1. The Morgan fingerprint density at radius 1 is 1.10 bits per heavy atom. The third-order valence-electron chi connectivity index (χ3n) is 7.52. The van der Waals surface area contributed by atoms with Gasteiger partial charge in [0.15, 0.2) is 5.78 Å². The van der Waals surface area contributed by atoms with E-state index in [1.54, 1.807) is 54.5 Å². The van der Waals surface area contributed by atoms with E-state index in [-0.39, 0.29) is 17.3 Å². The van der Waals surface area contributed by atoms with Crippen LogP contribution in [-0.4, -0.2) is 40.9 Å². The lowest BCUT2D eigenvalue weighted by molar-refractivity contribution is -0.116. The van der Waals surface area contributed by atoms with Gasteiger partial charge < -0.3 is 19.9 Å². The van der Waals surface area contributed by atoms with Crippen LogP contribution >= 0.6 is 11.3 Å². The number of aromatic carboxylic acids is 1. The summed E-state index contributed by atoms with van der Waals surface area (Å²) in [4.78, 5) is 27.2. The number of nitrogens with one attached hydrogen (secondary N) is 1. The number of allylic oxidation sites excluding steroid dienone is 2. The number of Topliss-reactive ketones (excluding diaryl/α,β-unsaturated/α-hetero) is 1. The number of carboxylic acids is 1. The third kappa shape index (κ3) is 4.10. The Labute approximate surface area is 229 Å². The first-order valence-corrected chi connectivity index (χ1v) is 13.5. The predicted octanol–water partition coefficient (Wildman–Crippen LogP) is 5.92. The fourth-order valence-electron chi connectivity index (χ4n) is 5.79. The van der Waals surface area contributed by atoms with Gasteiger partial charge in [0.1, 0.15) is 17.3 Å². The molecule has 0 saturated carbocycles. The number of ether oxygens (including phenoxy) is 2. The first-order chi connectivity index (χ1) is 18.9. The lowest BCUT2D eigenvalue weighted by atomic mass is 9.73. The molecule has 0 radical (unpaired) electrons. The predicted molar refractivity (Wildman–Crippen MR) is 149 cm³/mol. The molecule has 39 heavy (non-hydrogen) atoms. The Balaban J connectivity index is 1.61. The number of hydrogen-bond acceptors (Lipinski definition) is 7. The number of ketones is 1. The number of para-hydroxylation sites is 1. The molecule has 0 amide bonds. The molecule has 1 aliphatic heterocycles. The number of carbonyl (C=O) groups is 2. The van der Waals surface area contributed by atoms with E-state index in [1.807, 2.05) is 36.6 Å². The van der Waals surface area contributed by atoms with Crippen LogP contribution < -0.4 is 14.8 Å². The molecule has 6 rings (SSSR count). The number of carboxylic acid groups (broad SMARTS) is 1. The number of carbonyl (C=O) groups excluding carboxylic acids is 1. The summed E-state index contributed by atoms with van der Waals surface area (Å²) in [7, 11) is 3.21. The van der Waals surface area contributed by atoms with Crippen molar-refractivity contribution in [2.45, 2.75) is 31.6 Å². The number of benzene rings is 2. The van der Waals surface area contributed by atoms with Crippen LogP contribution in [0.5, 0.6) is 11.5 Å². The number of methoxy groups -OCH3 is 2. The van der Waals surface area contributed by atoms with Crippen LogP contribution in [-0.2, 0) is 4.79 Å². The molecule has 2 aromatic carbocycles. The van der Waals surface area contributed by atoms with Gasteiger partial charge in [0.2, 0.25) is 0 Å². The minimum Gasteiger partial charge on any atom is -0.497 e. The maximum absolute atomic E-state index is 13.9. The molecular formula is C30H27N3O5S. The minimum absolute atomic E-state index is 0.0573. The molecule has 2 atom stereocenters. The number of aromatic nitrogens is 2. The first-order valence-electron chi connectivity index (χ1n) is 12.6. The highest BCUT2D eigenvalue weighted by Crippen LogP contribution is 2.52. The summed E-state index contributed by atoms with van der Waals surface area (Å²) in [5.41, 5.74) is 4.38. The highest BCUT2D eigenvalue weighted by Gasteiger charge is 2.42. The highest BCUT2D eigenvalue weighted by atomic mass is 32.1. The van der Waals surface area contributed by atoms with Crippen molar-refractivity contribution in [1.82, 2.24) is 9.78 Å². The smallest absolute Gasteiger partial charge is 0.337 e. The molecule has 0 bridgehead atoms.